The van der Waals surface area contributed by atoms with Crippen molar-refractivity contribution in [1.29, 1.82) is 5.26 Å². The van der Waals surface area contributed by atoms with E-state index in [0.29, 0.717) is 33.9 Å². The molecule has 0 radical (unpaired) electrons. The molecule has 6 heteroatoms. The third-order valence-electron chi connectivity index (χ3n) is 5.45. The zero-order valence-corrected chi connectivity index (χ0v) is 18.4. The Balaban J connectivity index is 1.86. The van der Waals surface area contributed by atoms with Gasteiger partial charge >= 0.3 is 0 Å². The Labute approximate surface area is 186 Å². The summed E-state index contributed by atoms with van der Waals surface area (Å²) in [5.74, 6) is 0.930. The van der Waals surface area contributed by atoms with Crippen LogP contribution in [0.2, 0.25) is 0 Å². The Morgan fingerprint density at radius 1 is 1.12 bits per heavy atom. The van der Waals surface area contributed by atoms with Crippen molar-refractivity contribution in [2.75, 3.05) is 12.4 Å². The number of pyridine rings is 1. The standard InChI is InChI=1S/C26H23N3O3/c1-15-12-19(17(3)28-21-10-11-23(31-4)29-22(21)14-27)26-20(13-15)24(30)16(2)25(32-26)18-8-6-5-7-9-18/h5-13,17,28H,1-4H3/t17-/m1/s1. The number of fused-ring (bicyclic) bond motifs is 1. The van der Waals surface area contributed by atoms with Crippen LogP contribution in [0.4, 0.5) is 5.69 Å². The molecular weight excluding hydrogens is 402 g/mol. The molecule has 2 aromatic heterocycles. The van der Waals surface area contributed by atoms with Crippen molar-refractivity contribution in [3.8, 4) is 23.3 Å². The summed E-state index contributed by atoms with van der Waals surface area (Å²) in [6, 6.07) is 18.8. The van der Waals surface area contributed by atoms with Crippen LogP contribution in [0.3, 0.4) is 0 Å². The van der Waals surface area contributed by atoms with Crippen molar-refractivity contribution in [2.45, 2.75) is 26.8 Å². The molecule has 2 heterocycles. The molecule has 0 spiro atoms. The predicted molar refractivity (Wildman–Crippen MR) is 125 cm³/mol. The highest BCUT2D eigenvalue weighted by molar-refractivity contribution is 5.84. The smallest absolute Gasteiger partial charge is 0.214 e. The quantitative estimate of drug-likeness (QED) is 0.453. The second kappa shape index (κ2) is 8.56. The van der Waals surface area contributed by atoms with Crippen LogP contribution in [-0.2, 0) is 0 Å². The Kier molecular flexibility index (Phi) is 5.65. The van der Waals surface area contributed by atoms with E-state index in [-0.39, 0.29) is 17.2 Å². The van der Waals surface area contributed by atoms with Gasteiger partial charge in [-0.3, -0.25) is 4.79 Å². The maximum Gasteiger partial charge on any atom is 0.214 e. The zero-order chi connectivity index (χ0) is 22.8. The zero-order valence-electron chi connectivity index (χ0n) is 18.4. The van der Waals surface area contributed by atoms with Crippen LogP contribution >= 0.6 is 0 Å². The molecule has 0 fully saturated rings. The first-order valence-corrected chi connectivity index (χ1v) is 10.3. The molecule has 0 amide bonds. The summed E-state index contributed by atoms with van der Waals surface area (Å²) in [5, 5.41) is 13.4. The Morgan fingerprint density at radius 2 is 1.88 bits per heavy atom. The fourth-order valence-corrected chi connectivity index (χ4v) is 3.82. The third kappa shape index (κ3) is 3.81. The second-order valence-electron chi connectivity index (χ2n) is 7.71. The fourth-order valence-electron chi connectivity index (χ4n) is 3.82. The largest absolute Gasteiger partial charge is 0.481 e. The predicted octanol–water partition coefficient (Wildman–Crippen LogP) is 5.53. The van der Waals surface area contributed by atoms with E-state index in [1.807, 2.05) is 56.3 Å². The number of methoxy groups -OCH3 is 1. The van der Waals surface area contributed by atoms with Gasteiger partial charge in [0.05, 0.1) is 24.2 Å². The van der Waals surface area contributed by atoms with Crippen molar-refractivity contribution in [2.24, 2.45) is 0 Å². The van der Waals surface area contributed by atoms with Crippen molar-refractivity contribution in [3.05, 3.63) is 87.2 Å². The second-order valence-corrected chi connectivity index (χ2v) is 7.71. The fraction of sp³-hybridized carbons (Fsp3) is 0.192. The van der Waals surface area contributed by atoms with Crippen LogP contribution in [-0.4, -0.2) is 12.1 Å². The molecule has 32 heavy (non-hydrogen) atoms. The minimum absolute atomic E-state index is 0.0499. The average molecular weight is 425 g/mol. The number of benzene rings is 2. The van der Waals surface area contributed by atoms with Crippen LogP contribution in [0.15, 0.2) is 63.8 Å². The molecule has 4 aromatic rings. The minimum Gasteiger partial charge on any atom is -0.481 e. The summed E-state index contributed by atoms with van der Waals surface area (Å²) in [5.41, 5.74) is 4.50. The molecule has 6 nitrogen and oxygen atoms in total. The van der Waals surface area contributed by atoms with E-state index in [4.69, 9.17) is 9.15 Å². The molecule has 0 bridgehead atoms. The Hall–Kier alpha value is -4.11. The molecule has 0 aliphatic carbocycles. The van der Waals surface area contributed by atoms with E-state index >= 15 is 0 Å². The highest BCUT2D eigenvalue weighted by Crippen LogP contribution is 2.32. The van der Waals surface area contributed by atoms with Crippen molar-refractivity contribution in [3.63, 3.8) is 0 Å². The van der Waals surface area contributed by atoms with Gasteiger partial charge in [-0.15, -0.1) is 0 Å². The summed E-state index contributed by atoms with van der Waals surface area (Å²) >= 11 is 0. The number of aryl methyl sites for hydroxylation is 1. The van der Waals surface area contributed by atoms with Gasteiger partial charge < -0.3 is 14.5 Å². The first kappa shape index (κ1) is 21.1. The van der Waals surface area contributed by atoms with E-state index < -0.39 is 0 Å². The van der Waals surface area contributed by atoms with Gasteiger partial charge in [-0.1, -0.05) is 36.4 Å². The average Bonchev–Trinajstić information content (AvgIpc) is 2.82. The normalized spacial score (nSPS) is 11.7. The summed E-state index contributed by atoms with van der Waals surface area (Å²) in [7, 11) is 1.51. The molecule has 0 aliphatic heterocycles. The number of hydrogen-bond acceptors (Lipinski definition) is 6. The van der Waals surface area contributed by atoms with Crippen molar-refractivity contribution in [1.82, 2.24) is 4.98 Å². The van der Waals surface area contributed by atoms with Gasteiger partial charge in [0.1, 0.15) is 17.4 Å². The number of ether oxygens (including phenoxy) is 1. The first-order chi connectivity index (χ1) is 15.4. The monoisotopic (exact) mass is 425 g/mol. The van der Waals surface area contributed by atoms with Gasteiger partial charge in [-0.2, -0.15) is 5.26 Å². The minimum atomic E-state index is -0.255. The van der Waals surface area contributed by atoms with Gasteiger partial charge in [0, 0.05) is 22.8 Å². The molecule has 0 saturated carbocycles. The molecule has 0 saturated heterocycles. The Bertz CT molecular complexity index is 1400. The lowest BCUT2D eigenvalue weighted by molar-refractivity contribution is 0.397. The molecule has 4 rings (SSSR count). The van der Waals surface area contributed by atoms with Crippen LogP contribution in [0.5, 0.6) is 5.88 Å². The van der Waals surface area contributed by atoms with Gasteiger partial charge in [0.25, 0.3) is 0 Å². The lowest BCUT2D eigenvalue weighted by Crippen LogP contribution is -2.13. The van der Waals surface area contributed by atoms with Crippen molar-refractivity contribution >= 4 is 16.7 Å². The Morgan fingerprint density at radius 3 is 2.56 bits per heavy atom. The maximum absolute atomic E-state index is 13.2. The van der Waals surface area contributed by atoms with Gasteiger partial charge in [-0.05, 0) is 38.5 Å². The van der Waals surface area contributed by atoms with E-state index in [1.165, 1.54) is 7.11 Å². The van der Waals surface area contributed by atoms with Crippen LogP contribution in [0, 0.1) is 25.2 Å². The number of anilines is 1. The summed E-state index contributed by atoms with van der Waals surface area (Å²) < 4.78 is 11.5. The van der Waals surface area contributed by atoms with Gasteiger partial charge in [-0.25, -0.2) is 4.98 Å². The van der Waals surface area contributed by atoms with Crippen LogP contribution in [0.1, 0.15) is 35.3 Å². The number of aromatic nitrogens is 1. The molecule has 0 unspecified atom stereocenters. The van der Waals surface area contributed by atoms with E-state index in [0.717, 1.165) is 16.7 Å². The van der Waals surface area contributed by atoms with Gasteiger partial charge in [0.15, 0.2) is 11.1 Å². The molecular formula is C26H23N3O3. The molecule has 0 aliphatic rings. The van der Waals surface area contributed by atoms with E-state index in [1.54, 1.807) is 19.1 Å². The molecule has 1 N–H and O–H groups in total. The van der Waals surface area contributed by atoms with E-state index in [2.05, 4.69) is 16.4 Å². The molecule has 1 atom stereocenters. The molecule has 2 aromatic carbocycles. The summed E-state index contributed by atoms with van der Waals surface area (Å²) in [6.07, 6.45) is 0. The first-order valence-electron chi connectivity index (χ1n) is 10.3. The van der Waals surface area contributed by atoms with Gasteiger partial charge in [0.2, 0.25) is 5.88 Å². The summed E-state index contributed by atoms with van der Waals surface area (Å²) in [6.45, 7) is 5.70. The van der Waals surface area contributed by atoms with Crippen LogP contribution < -0.4 is 15.5 Å². The van der Waals surface area contributed by atoms with Crippen molar-refractivity contribution < 1.29 is 9.15 Å². The lowest BCUT2D eigenvalue weighted by Gasteiger charge is -2.19. The highest BCUT2D eigenvalue weighted by atomic mass is 16.5. The number of nitrogens with one attached hydrogen (secondary N) is 1. The number of rotatable bonds is 5. The number of nitrogens with zero attached hydrogens (tertiary/aromatic N) is 2. The van der Waals surface area contributed by atoms with E-state index in [9.17, 15) is 10.1 Å². The topological polar surface area (TPSA) is 88.1 Å². The number of nitriles is 1. The summed E-state index contributed by atoms with van der Waals surface area (Å²) in [4.78, 5) is 17.4. The number of hydrogen-bond donors (Lipinski definition) is 1. The third-order valence-corrected chi connectivity index (χ3v) is 5.45. The highest BCUT2D eigenvalue weighted by Gasteiger charge is 2.19. The maximum atomic E-state index is 13.2. The lowest BCUT2D eigenvalue weighted by atomic mass is 9.98. The van der Waals surface area contributed by atoms with Crippen LogP contribution in [0.25, 0.3) is 22.3 Å². The SMILES string of the molecule is COc1ccc(N[C@H](C)c2cc(C)cc3c(=O)c(C)c(-c4ccccc4)oc23)c(C#N)n1. The molecule has 160 valence electrons.